The van der Waals surface area contributed by atoms with Crippen LogP contribution in [0.4, 0.5) is 0 Å². The van der Waals surface area contributed by atoms with Gasteiger partial charge >= 0.3 is 0 Å². The molecule has 204 valence electrons. The number of likely N-dealkylation sites (tertiary alicyclic amines) is 1. The molecule has 4 rings (SSSR count). The van der Waals surface area contributed by atoms with Gasteiger partial charge in [-0.15, -0.1) is 0 Å². The molecule has 0 saturated carbocycles. The van der Waals surface area contributed by atoms with Gasteiger partial charge in [0.25, 0.3) is 5.91 Å². The molecule has 0 atom stereocenters. The number of hydrogen-bond acceptors (Lipinski definition) is 4. The van der Waals surface area contributed by atoms with Crippen molar-refractivity contribution < 1.29 is 14.6 Å². The van der Waals surface area contributed by atoms with Crippen molar-refractivity contribution >= 4 is 5.91 Å². The fourth-order valence-corrected chi connectivity index (χ4v) is 5.08. The number of piperidine rings is 1. The zero-order valence-corrected chi connectivity index (χ0v) is 23.4. The van der Waals surface area contributed by atoms with E-state index >= 15 is 0 Å². The summed E-state index contributed by atoms with van der Waals surface area (Å²) in [6.45, 7) is 8.05. The molecule has 0 radical (unpaired) electrons. The number of rotatable bonds is 9. The van der Waals surface area contributed by atoms with Crippen molar-refractivity contribution in [3.63, 3.8) is 0 Å². The highest BCUT2D eigenvalue weighted by Crippen LogP contribution is 2.26. The van der Waals surface area contributed by atoms with Crippen LogP contribution in [0.25, 0.3) is 11.1 Å². The van der Waals surface area contributed by atoms with Gasteiger partial charge in [-0.25, -0.2) is 0 Å². The molecule has 39 heavy (non-hydrogen) atoms. The van der Waals surface area contributed by atoms with Crippen LogP contribution in [0, 0.1) is 17.8 Å². The molecule has 0 bridgehead atoms. The van der Waals surface area contributed by atoms with Crippen molar-refractivity contribution in [1.29, 1.82) is 0 Å². The first-order valence-electron chi connectivity index (χ1n) is 13.9. The van der Waals surface area contributed by atoms with E-state index in [1.165, 1.54) is 6.42 Å². The third kappa shape index (κ3) is 7.95. The quantitative estimate of drug-likeness (QED) is 0.356. The largest absolute Gasteiger partial charge is 0.497 e. The molecule has 0 aromatic heterocycles. The van der Waals surface area contributed by atoms with Gasteiger partial charge in [0.2, 0.25) is 0 Å². The summed E-state index contributed by atoms with van der Waals surface area (Å²) < 4.78 is 5.28. The second-order valence-electron chi connectivity index (χ2n) is 10.7. The number of carbonyl (C=O) groups excluding carboxylic acids is 1. The van der Waals surface area contributed by atoms with Crippen molar-refractivity contribution in [2.24, 2.45) is 5.92 Å². The van der Waals surface area contributed by atoms with Crippen LogP contribution in [0.1, 0.15) is 54.6 Å². The lowest BCUT2D eigenvalue weighted by Crippen LogP contribution is -2.47. The molecule has 0 aliphatic carbocycles. The van der Waals surface area contributed by atoms with Gasteiger partial charge in [-0.05, 0) is 78.7 Å². The molecular weight excluding hydrogens is 484 g/mol. The van der Waals surface area contributed by atoms with E-state index < -0.39 is 0 Å². The highest BCUT2D eigenvalue weighted by molar-refractivity contribution is 5.94. The molecule has 1 heterocycles. The van der Waals surface area contributed by atoms with E-state index in [1.54, 1.807) is 7.11 Å². The third-order valence-electron chi connectivity index (χ3n) is 7.43. The fraction of sp³-hybridized carbons (Fsp3) is 0.382. The van der Waals surface area contributed by atoms with Crippen molar-refractivity contribution in [3.8, 4) is 28.7 Å². The number of benzene rings is 3. The summed E-state index contributed by atoms with van der Waals surface area (Å²) in [6, 6.07) is 24.2. The molecule has 3 aromatic carbocycles. The van der Waals surface area contributed by atoms with Crippen LogP contribution in [-0.4, -0.2) is 60.2 Å². The minimum Gasteiger partial charge on any atom is -0.497 e. The van der Waals surface area contributed by atoms with E-state index in [2.05, 4.69) is 71.9 Å². The summed E-state index contributed by atoms with van der Waals surface area (Å²) in [4.78, 5) is 18.5. The van der Waals surface area contributed by atoms with E-state index in [0.29, 0.717) is 18.0 Å². The van der Waals surface area contributed by atoms with Crippen LogP contribution in [-0.2, 0) is 6.54 Å². The van der Waals surface area contributed by atoms with Crippen molar-refractivity contribution in [3.05, 3.63) is 89.5 Å². The normalized spacial score (nSPS) is 14.1. The van der Waals surface area contributed by atoms with Gasteiger partial charge in [-0.1, -0.05) is 68.2 Å². The summed E-state index contributed by atoms with van der Waals surface area (Å²) in [5, 5.41) is 9.08. The molecule has 1 saturated heterocycles. The van der Waals surface area contributed by atoms with Crippen molar-refractivity contribution in [2.75, 3.05) is 33.4 Å². The van der Waals surface area contributed by atoms with Crippen molar-refractivity contribution in [1.82, 2.24) is 9.80 Å². The van der Waals surface area contributed by atoms with E-state index in [0.717, 1.165) is 60.5 Å². The summed E-state index contributed by atoms with van der Waals surface area (Å²) in [5.74, 6) is 7.18. The summed E-state index contributed by atoms with van der Waals surface area (Å²) in [5.41, 5.74) is 4.75. The van der Waals surface area contributed by atoms with Crippen LogP contribution in [0.3, 0.4) is 0 Å². The Balaban J connectivity index is 1.53. The van der Waals surface area contributed by atoms with Crippen molar-refractivity contribution in [2.45, 2.75) is 45.7 Å². The minimum absolute atomic E-state index is 0.0301. The summed E-state index contributed by atoms with van der Waals surface area (Å²) in [7, 11) is 1.67. The maximum Gasteiger partial charge on any atom is 0.254 e. The highest BCUT2D eigenvalue weighted by Gasteiger charge is 2.29. The average Bonchev–Trinajstić information content (AvgIpc) is 2.98. The molecule has 1 N–H and O–H groups in total. The second-order valence-corrected chi connectivity index (χ2v) is 10.7. The molecule has 1 aliphatic heterocycles. The predicted octanol–water partition coefficient (Wildman–Crippen LogP) is 5.86. The van der Waals surface area contributed by atoms with Gasteiger partial charge in [-0.2, -0.15) is 0 Å². The van der Waals surface area contributed by atoms with Gasteiger partial charge in [0, 0.05) is 36.8 Å². The summed E-state index contributed by atoms with van der Waals surface area (Å²) >= 11 is 0. The first kappa shape index (κ1) is 28.4. The Labute approximate surface area is 233 Å². The topological polar surface area (TPSA) is 53.0 Å². The second kappa shape index (κ2) is 14.0. The van der Waals surface area contributed by atoms with Gasteiger partial charge in [0.15, 0.2) is 0 Å². The lowest BCUT2D eigenvalue weighted by molar-refractivity contribution is 0.0546. The molecule has 3 aromatic rings. The molecule has 0 unspecified atom stereocenters. The molecule has 1 amide bonds. The number of hydrogen-bond donors (Lipinski definition) is 1. The Morgan fingerprint density at radius 1 is 1.03 bits per heavy atom. The van der Waals surface area contributed by atoms with Crippen LogP contribution >= 0.6 is 0 Å². The first-order valence-corrected chi connectivity index (χ1v) is 13.9. The molecular formula is C34H40N2O3. The van der Waals surface area contributed by atoms with Gasteiger partial charge in [0.05, 0.1) is 7.11 Å². The zero-order chi connectivity index (χ0) is 27.6. The number of carbonyl (C=O) groups is 1. The van der Waals surface area contributed by atoms with E-state index in [4.69, 9.17) is 9.84 Å². The Kier molecular flexibility index (Phi) is 10.2. The molecule has 5 heteroatoms. The highest BCUT2D eigenvalue weighted by atomic mass is 16.5. The van der Waals surface area contributed by atoms with Gasteiger partial charge in [-0.3, -0.25) is 4.79 Å². The SMILES string of the molecule is COc1ccc(-c2ccc(CN(C(=O)c3cccc(C#CCO)c3)C3CCN(CCC(C)C)CC3)cc2)cc1. The van der Waals surface area contributed by atoms with Crippen LogP contribution < -0.4 is 4.74 Å². The monoisotopic (exact) mass is 524 g/mol. The van der Waals surface area contributed by atoms with Crippen LogP contribution in [0.15, 0.2) is 72.8 Å². The van der Waals surface area contributed by atoms with E-state index in [9.17, 15) is 4.79 Å². The maximum absolute atomic E-state index is 13.9. The molecule has 5 nitrogen and oxygen atoms in total. The lowest BCUT2D eigenvalue weighted by atomic mass is 9.99. The maximum atomic E-state index is 13.9. The lowest BCUT2D eigenvalue weighted by Gasteiger charge is -2.39. The van der Waals surface area contributed by atoms with E-state index in [1.807, 2.05) is 36.4 Å². The Morgan fingerprint density at radius 3 is 2.31 bits per heavy atom. The number of methoxy groups -OCH3 is 1. The Bertz CT molecular complexity index is 1260. The molecule has 1 aliphatic rings. The minimum atomic E-state index is -0.202. The number of aliphatic hydroxyl groups excluding tert-OH is 1. The van der Waals surface area contributed by atoms with Crippen LogP contribution in [0.2, 0.25) is 0 Å². The van der Waals surface area contributed by atoms with E-state index in [-0.39, 0.29) is 18.6 Å². The number of aliphatic hydroxyl groups is 1. The summed E-state index contributed by atoms with van der Waals surface area (Å²) in [6.07, 6.45) is 3.14. The fourth-order valence-electron chi connectivity index (χ4n) is 5.08. The smallest absolute Gasteiger partial charge is 0.254 e. The number of amides is 1. The number of nitrogens with zero attached hydrogens (tertiary/aromatic N) is 2. The van der Waals surface area contributed by atoms with Gasteiger partial charge < -0.3 is 19.6 Å². The third-order valence-corrected chi connectivity index (χ3v) is 7.43. The Morgan fingerprint density at radius 2 is 1.69 bits per heavy atom. The molecule has 0 spiro atoms. The molecule has 1 fully saturated rings. The zero-order valence-electron chi connectivity index (χ0n) is 23.4. The predicted molar refractivity (Wildman–Crippen MR) is 158 cm³/mol. The number of ether oxygens (including phenoxy) is 1. The standard InChI is InChI=1S/C34H40N2O3/c1-26(2)17-20-35-21-18-32(19-22-35)36(34(38)31-8-4-6-27(24-31)7-5-23-37)25-28-9-11-29(12-10-28)30-13-15-33(39-3)16-14-30/h4,6,8-16,24,26,32,37H,17-23,25H2,1-3H3. The Hall–Kier alpha value is -3.59. The van der Waals surface area contributed by atoms with Crippen LogP contribution in [0.5, 0.6) is 5.75 Å². The van der Waals surface area contributed by atoms with Gasteiger partial charge in [0.1, 0.15) is 12.4 Å². The average molecular weight is 525 g/mol. The first-order chi connectivity index (χ1) is 19.0.